The molecule has 0 radical (unpaired) electrons. The second kappa shape index (κ2) is 7.68. The Bertz CT molecular complexity index is 357. The summed E-state index contributed by atoms with van der Waals surface area (Å²) in [5.74, 6) is 0. The molecule has 0 spiro atoms. The van der Waals surface area contributed by atoms with E-state index in [0.717, 1.165) is 5.56 Å². The quantitative estimate of drug-likeness (QED) is 0.709. The van der Waals surface area contributed by atoms with Crippen LogP contribution in [0.4, 0.5) is 4.79 Å². The summed E-state index contributed by atoms with van der Waals surface area (Å²) < 4.78 is 5.10. The Morgan fingerprint density at radius 3 is 2.56 bits per heavy atom. The molecule has 2 atom stereocenters. The van der Waals surface area contributed by atoms with E-state index in [1.165, 1.54) is 0 Å². The maximum atomic E-state index is 11.7. The average molecular weight is 252 g/mol. The fraction of sp³-hybridized carbons (Fsp3) is 0.462. The molecular weight excluding hydrogens is 232 g/mol. The summed E-state index contributed by atoms with van der Waals surface area (Å²) in [6, 6.07) is 8.80. The molecule has 18 heavy (non-hydrogen) atoms. The first-order valence-electron chi connectivity index (χ1n) is 5.89. The summed E-state index contributed by atoms with van der Waals surface area (Å²) in [7, 11) is 1.59. The van der Waals surface area contributed by atoms with Crippen LogP contribution < -0.4 is 10.6 Å². The van der Waals surface area contributed by atoms with Gasteiger partial charge in [0, 0.05) is 7.11 Å². The number of hydrogen-bond donors (Lipinski definition) is 3. The van der Waals surface area contributed by atoms with Crippen LogP contribution in [-0.4, -0.2) is 37.5 Å². The van der Waals surface area contributed by atoms with E-state index in [1.807, 2.05) is 30.3 Å². The number of carbonyl (C=O) groups is 1. The van der Waals surface area contributed by atoms with Crippen molar-refractivity contribution in [1.29, 1.82) is 0 Å². The molecular formula is C13H20N2O3. The number of carbonyl (C=O) groups excluding carboxylic acids is 1. The van der Waals surface area contributed by atoms with Gasteiger partial charge < -0.3 is 20.5 Å². The maximum absolute atomic E-state index is 11.7. The molecule has 1 aromatic carbocycles. The minimum absolute atomic E-state index is 0.0896. The van der Waals surface area contributed by atoms with Crippen molar-refractivity contribution in [3.63, 3.8) is 0 Å². The molecule has 5 nitrogen and oxygen atoms in total. The van der Waals surface area contributed by atoms with Gasteiger partial charge in [0.1, 0.15) is 0 Å². The first-order valence-corrected chi connectivity index (χ1v) is 5.89. The molecule has 0 saturated heterocycles. The lowest BCUT2D eigenvalue weighted by Crippen LogP contribution is -2.44. The highest BCUT2D eigenvalue weighted by Crippen LogP contribution is 2.12. The molecule has 0 aliphatic rings. The van der Waals surface area contributed by atoms with Gasteiger partial charge in [0.2, 0.25) is 0 Å². The van der Waals surface area contributed by atoms with Crippen LogP contribution in [0.5, 0.6) is 0 Å². The van der Waals surface area contributed by atoms with Crippen molar-refractivity contribution in [2.45, 2.75) is 19.0 Å². The lowest BCUT2D eigenvalue weighted by atomic mass is 10.1. The number of ether oxygens (including phenoxy) is 1. The SMILES string of the molecule is COCC(NC(=O)NC(C)CO)c1ccccc1. The van der Waals surface area contributed by atoms with E-state index in [-0.39, 0.29) is 24.7 Å². The molecule has 0 saturated carbocycles. The van der Waals surface area contributed by atoms with E-state index in [0.29, 0.717) is 6.61 Å². The number of hydrogen-bond acceptors (Lipinski definition) is 3. The molecule has 3 N–H and O–H groups in total. The Morgan fingerprint density at radius 2 is 2.00 bits per heavy atom. The summed E-state index contributed by atoms with van der Waals surface area (Å²) in [6.07, 6.45) is 0. The van der Waals surface area contributed by atoms with E-state index < -0.39 is 0 Å². The summed E-state index contributed by atoms with van der Waals surface area (Å²) in [6.45, 7) is 2.03. The first-order chi connectivity index (χ1) is 8.67. The smallest absolute Gasteiger partial charge is 0.315 e. The van der Waals surface area contributed by atoms with Crippen LogP contribution in [0.15, 0.2) is 30.3 Å². The molecule has 0 aliphatic carbocycles. The third-order valence-electron chi connectivity index (χ3n) is 2.49. The van der Waals surface area contributed by atoms with Crippen molar-refractivity contribution < 1.29 is 14.6 Å². The van der Waals surface area contributed by atoms with E-state index in [9.17, 15) is 4.79 Å². The Kier molecular flexibility index (Phi) is 6.18. The highest BCUT2D eigenvalue weighted by atomic mass is 16.5. The number of amides is 2. The van der Waals surface area contributed by atoms with Crippen molar-refractivity contribution in [2.75, 3.05) is 20.3 Å². The molecule has 0 heterocycles. The van der Waals surface area contributed by atoms with Gasteiger partial charge in [0.25, 0.3) is 0 Å². The Morgan fingerprint density at radius 1 is 1.33 bits per heavy atom. The van der Waals surface area contributed by atoms with Gasteiger partial charge in [-0.2, -0.15) is 0 Å². The van der Waals surface area contributed by atoms with Crippen molar-refractivity contribution in [3.8, 4) is 0 Å². The summed E-state index contributed by atoms with van der Waals surface area (Å²) in [5, 5.41) is 14.3. The van der Waals surface area contributed by atoms with E-state index >= 15 is 0 Å². The first kappa shape index (κ1) is 14.5. The summed E-state index contributed by atoms with van der Waals surface area (Å²) >= 11 is 0. The van der Waals surface area contributed by atoms with Gasteiger partial charge in [0.15, 0.2) is 0 Å². The molecule has 100 valence electrons. The topological polar surface area (TPSA) is 70.6 Å². The van der Waals surface area contributed by atoms with Crippen LogP contribution in [0.3, 0.4) is 0 Å². The third kappa shape index (κ3) is 4.73. The van der Waals surface area contributed by atoms with Crippen LogP contribution in [0.1, 0.15) is 18.5 Å². The molecule has 2 unspecified atom stereocenters. The predicted octanol–water partition coefficient (Wildman–Crippen LogP) is 1.05. The second-order valence-corrected chi connectivity index (χ2v) is 4.12. The molecule has 0 bridgehead atoms. The van der Waals surface area contributed by atoms with Crippen LogP contribution in [0.2, 0.25) is 0 Å². The van der Waals surface area contributed by atoms with Gasteiger partial charge in [0.05, 0.1) is 25.3 Å². The van der Waals surface area contributed by atoms with E-state index in [4.69, 9.17) is 9.84 Å². The maximum Gasteiger partial charge on any atom is 0.315 e. The van der Waals surface area contributed by atoms with Crippen molar-refractivity contribution in [1.82, 2.24) is 10.6 Å². The number of benzene rings is 1. The van der Waals surface area contributed by atoms with Crippen molar-refractivity contribution in [3.05, 3.63) is 35.9 Å². The highest BCUT2D eigenvalue weighted by molar-refractivity contribution is 5.74. The minimum atomic E-state index is -0.317. The summed E-state index contributed by atoms with van der Waals surface area (Å²) in [4.78, 5) is 11.7. The number of methoxy groups -OCH3 is 1. The van der Waals surface area contributed by atoms with Gasteiger partial charge in [-0.15, -0.1) is 0 Å². The second-order valence-electron chi connectivity index (χ2n) is 4.12. The molecule has 1 rings (SSSR count). The molecule has 0 aromatic heterocycles. The fourth-order valence-corrected chi connectivity index (χ4v) is 1.54. The molecule has 0 aliphatic heterocycles. The Labute approximate surface area is 107 Å². The van der Waals surface area contributed by atoms with Crippen LogP contribution in [0, 0.1) is 0 Å². The molecule has 0 fully saturated rings. The van der Waals surface area contributed by atoms with Gasteiger partial charge in [-0.1, -0.05) is 30.3 Å². The van der Waals surface area contributed by atoms with Crippen LogP contribution >= 0.6 is 0 Å². The molecule has 5 heteroatoms. The number of urea groups is 1. The van der Waals surface area contributed by atoms with Crippen LogP contribution in [0.25, 0.3) is 0 Å². The van der Waals surface area contributed by atoms with Gasteiger partial charge >= 0.3 is 6.03 Å². The summed E-state index contributed by atoms with van der Waals surface area (Å²) in [5.41, 5.74) is 0.978. The monoisotopic (exact) mass is 252 g/mol. The molecule has 1 aromatic rings. The zero-order valence-corrected chi connectivity index (χ0v) is 10.7. The lowest BCUT2D eigenvalue weighted by molar-refractivity contribution is 0.164. The third-order valence-corrected chi connectivity index (χ3v) is 2.49. The fourth-order valence-electron chi connectivity index (χ4n) is 1.54. The number of aliphatic hydroxyl groups is 1. The lowest BCUT2D eigenvalue weighted by Gasteiger charge is -2.20. The Hall–Kier alpha value is -1.59. The normalized spacial score (nSPS) is 13.7. The minimum Gasteiger partial charge on any atom is -0.394 e. The van der Waals surface area contributed by atoms with E-state index in [2.05, 4.69) is 10.6 Å². The van der Waals surface area contributed by atoms with Crippen molar-refractivity contribution in [2.24, 2.45) is 0 Å². The zero-order valence-electron chi connectivity index (χ0n) is 10.7. The van der Waals surface area contributed by atoms with Gasteiger partial charge in [-0.25, -0.2) is 4.79 Å². The highest BCUT2D eigenvalue weighted by Gasteiger charge is 2.15. The zero-order chi connectivity index (χ0) is 13.4. The van der Waals surface area contributed by atoms with E-state index in [1.54, 1.807) is 14.0 Å². The number of aliphatic hydroxyl groups excluding tert-OH is 1. The standard InChI is InChI=1S/C13H20N2O3/c1-10(8-16)14-13(17)15-12(9-18-2)11-6-4-3-5-7-11/h3-7,10,12,16H,8-9H2,1-2H3,(H2,14,15,17). The molecule has 2 amide bonds. The predicted molar refractivity (Wildman–Crippen MR) is 69.3 cm³/mol. The number of rotatable bonds is 6. The van der Waals surface area contributed by atoms with Crippen molar-refractivity contribution >= 4 is 6.03 Å². The van der Waals surface area contributed by atoms with Gasteiger partial charge in [-0.3, -0.25) is 0 Å². The number of nitrogens with one attached hydrogen (secondary N) is 2. The van der Waals surface area contributed by atoms with Gasteiger partial charge in [-0.05, 0) is 12.5 Å². The Balaban J connectivity index is 2.61. The van der Waals surface area contributed by atoms with Crippen LogP contribution in [-0.2, 0) is 4.74 Å². The average Bonchev–Trinajstić information content (AvgIpc) is 2.39. The largest absolute Gasteiger partial charge is 0.394 e.